The van der Waals surface area contributed by atoms with Crippen LogP contribution >= 0.6 is 0 Å². The predicted molar refractivity (Wildman–Crippen MR) is 39.0 cm³/mol. The van der Waals surface area contributed by atoms with Gasteiger partial charge in [0, 0.05) is 6.20 Å². The summed E-state index contributed by atoms with van der Waals surface area (Å²) in [5, 5.41) is 3.91. The second kappa shape index (κ2) is 2.75. The Morgan fingerprint density at radius 3 is 2.90 bits per heavy atom. The van der Waals surface area contributed by atoms with E-state index < -0.39 is 0 Å². The van der Waals surface area contributed by atoms with Gasteiger partial charge in [-0.3, -0.25) is 4.68 Å². The Morgan fingerprint density at radius 1 is 1.60 bits per heavy atom. The maximum absolute atomic E-state index is 5.10. The highest BCUT2D eigenvalue weighted by molar-refractivity contribution is 5.26. The Hall–Kier alpha value is -1.67. The molecule has 1 aromatic heterocycles. The van der Waals surface area contributed by atoms with Crippen molar-refractivity contribution in [2.24, 2.45) is 0 Å². The lowest BCUT2D eigenvalue weighted by molar-refractivity contribution is 0.715. The molecule has 0 bridgehead atoms. The van der Waals surface area contributed by atoms with E-state index in [4.69, 9.17) is 12.8 Å². The summed E-state index contributed by atoms with van der Waals surface area (Å²) in [6.45, 7) is 0.474. The zero-order valence-electron chi connectivity index (χ0n) is 5.41. The highest BCUT2D eigenvalue weighted by Gasteiger charge is 1.90. The van der Waals surface area contributed by atoms with Crippen molar-refractivity contribution >= 4 is 0 Å². The molecule has 1 heterocycles. The van der Waals surface area contributed by atoms with Gasteiger partial charge in [0.2, 0.25) is 0 Å². The Bertz CT molecular complexity index is 296. The molecule has 10 heavy (non-hydrogen) atoms. The zero-order valence-corrected chi connectivity index (χ0v) is 5.41. The third kappa shape index (κ3) is 1.18. The quantitative estimate of drug-likeness (QED) is 0.506. The molecule has 0 saturated heterocycles. The van der Waals surface area contributed by atoms with Gasteiger partial charge in [-0.25, -0.2) is 0 Å². The minimum atomic E-state index is 0.474. The zero-order chi connectivity index (χ0) is 7.40. The van der Waals surface area contributed by atoms with Gasteiger partial charge in [0.15, 0.2) is 0 Å². The van der Waals surface area contributed by atoms with E-state index in [1.165, 1.54) is 0 Å². The first-order valence-electron chi connectivity index (χ1n) is 2.79. The van der Waals surface area contributed by atoms with Crippen molar-refractivity contribution in [2.75, 3.05) is 0 Å². The topological polar surface area (TPSA) is 17.8 Å². The van der Waals surface area contributed by atoms with Gasteiger partial charge in [0.25, 0.3) is 0 Å². The fourth-order valence-corrected chi connectivity index (χ4v) is 0.618. The van der Waals surface area contributed by atoms with Crippen molar-refractivity contribution < 1.29 is 0 Å². The smallest absolute Gasteiger partial charge is 0.101 e. The number of hydrogen-bond acceptors (Lipinski definition) is 1. The number of terminal acetylenes is 2. The van der Waals surface area contributed by atoms with Gasteiger partial charge >= 0.3 is 0 Å². The molecule has 0 aliphatic heterocycles. The standard InChI is InChI=1S/C8H6N2/c1-3-5-10-7-8(4-2)6-9-10/h1-2,6-7H,5H2. The SMILES string of the molecule is C#CCn1cc(C#C)cn1. The summed E-state index contributed by atoms with van der Waals surface area (Å²) in [7, 11) is 0. The van der Waals surface area contributed by atoms with Gasteiger partial charge in [-0.2, -0.15) is 5.10 Å². The van der Waals surface area contributed by atoms with Gasteiger partial charge in [0.05, 0.1) is 11.8 Å². The molecule has 0 radical (unpaired) electrons. The largest absolute Gasteiger partial charge is 0.259 e. The van der Waals surface area contributed by atoms with E-state index in [1.807, 2.05) is 0 Å². The Morgan fingerprint density at radius 2 is 2.40 bits per heavy atom. The van der Waals surface area contributed by atoms with Crippen LogP contribution in [0.15, 0.2) is 12.4 Å². The summed E-state index contributed by atoms with van der Waals surface area (Å²) in [5.41, 5.74) is 0.759. The van der Waals surface area contributed by atoms with Crippen LogP contribution < -0.4 is 0 Å². The summed E-state index contributed by atoms with van der Waals surface area (Å²) >= 11 is 0. The molecule has 2 heteroatoms. The molecular formula is C8H6N2. The van der Waals surface area contributed by atoms with Crippen molar-refractivity contribution in [1.82, 2.24) is 9.78 Å². The minimum absolute atomic E-state index is 0.474. The minimum Gasteiger partial charge on any atom is -0.259 e. The van der Waals surface area contributed by atoms with E-state index in [2.05, 4.69) is 16.9 Å². The molecule has 0 aromatic carbocycles. The Labute approximate surface area is 59.9 Å². The van der Waals surface area contributed by atoms with Crippen LogP contribution in [0.2, 0.25) is 0 Å². The summed E-state index contributed by atoms with van der Waals surface area (Å²) in [6.07, 6.45) is 13.5. The molecule has 0 aliphatic rings. The molecular weight excluding hydrogens is 124 g/mol. The molecule has 1 aromatic rings. The fourth-order valence-electron chi connectivity index (χ4n) is 0.618. The Balaban J connectivity index is 2.83. The normalized spacial score (nSPS) is 8.20. The first kappa shape index (κ1) is 6.45. The lowest BCUT2D eigenvalue weighted by Gasteiger charge is -1.87. The van der Waals surface area contributed by atoms with E-state index in [1.54, 1.807) is 17.1 Å². The average Bonchev–Trinajstić information content (AvgIpc) is 2.37. The number of hydrogen-bond donors (Lipinski definition) is 0. The van der Waals surface area contributed by atoms with E-state index >= 15 is 0 Å². The van der Waals surface area contributed by atoms with Crippen LogP contribution in [0.1, 0.15) is 5.56 Å². The average molecular weight is 130 g/mol. The van der Waals surface area contributed by atoms with Crippen LogP contribution in [0.5, 0.6) is 0 Å². The molecule has 1 rings (SSSR count). The van der Waals surface area contributed by atoms with Gasteiger partial charge in [0.1, 0.15) is 6.54 Å². The molecule has 0 fully saturated rings. The summed E-state index contributed by atoms with van der Waals surface area (Å²) in [4.78, 5) is 0. The molecule has 0 unspecified atom stereocenters. The van der Waals surface area contributed by atoms with Crippen molar-refractivity contribution in [3.63, 3.8) is 0 Å². The molecule has 0 spiro atoms. The first-order chi connectivity index (χ1) is 4.86. The van der Waals surface area contributed by atoms with Gasteiger partial charge in [-0.05, 0) is 0 Å². The van der Waals surface area contributed by atoms with Crippen molar-refractivity contribution in [3.8, 4) is 24.7 Å². The summed E-state index contributed by atoms with van der Waals surface area (Å²) in [6, 6.07) is 0. The van der Waals surface area contributed by atoms with E-state index in [0.29, 0.717) is 6.54 Å². The molecule has 48 valence electrons. The van der Waals surface area contributed by atoms with E-state index in [9.17, 15) is 0 Å². The number of nitrogens with zero attached hydrogens (tertiary/aromatic N) is 2. The Kier molecular flexibility index (Phi) is 1.78. The van der Waals surface area contributed by atoms with Gasteiger partial charge < -0.3 is 0 Å². The molecule has 2 nitrogen and oxygen atoms in total. The highest BCUT2D eigenvalue weighted by atomic mass is 15.3. The summed E-state index contributed by atoms with van der Waals surface area (Å²) in [5.74, 6) is 4.91. The second-order valence-corrected chi connectivity index (χ2v) is 1.78. The molecule has 0 amide bonds. The van der Waals surface area contributed by atoms with Gasteiger partial charge in [-0.15, -0.1) is 12.8 Å². The van der Waals surface area contributed by atoms with Crippen molar-refractivity contribution in [2.45, 2.75) is 6.54 Å². The molecule has 0 N–H and O–H groups in total. The number of aromatic nitrogens is 2. The monoisotopic (exact) mass is 130 g/mol. The van der Waals surface area contributed by atoms with Crippen molar-refractivity contribution in [1.29, 1.82) is 0 Å². The predicted octanol–water partition coefficient (Wildman–Crippen LogP) is 0.498. The molecule has 0 atom stereocenters. The maximum atomic E-state index is 5.10. The lowest BCUT2D eigenvalue weighted by Crippen LogP contribution is -1.93. The van der Waals surface area contributed by atoms with Crippen LogP contribution in [0.3, 0.4) is 0 Å². The lowest BCUT2D eigenvalue weighted by atomic mass is 10.4. The third-order valence-electron chi connectivity index (χ3n) is 1.05. The third-order valence-corrected chi connectivity index (χ3v) is 1.05. The van der Waals surface area contributed by atoms with E-state index in [-0.39, 0.29) is 0 Å². The summed E-state index contributed by atoms with van der Waals surface area (Å²) < 4.78 is 1.62. The van der Waals surface area contributed by atoms with Crippen LogP contribution in [-0.2, 0) is 6.54 Å². The number of rotatable bonds is 1. The maximum Gasteiger partial charge on any atom is 0.101 e. The van der Waals surface area contributed by atoms with Gasteiger partial charge in [-0.1, -0.05) is 11.8 Å². The second-order valence-electron chi connectivity index (χ2n) is 1.78. The van der Waals surface area contributed by atoms with Crippen LogP contribution in [0.4, 0.5) is 0 Å². The van der Waals surface area contributed by atoms with Crippen LogP contribution in [-0.4, -0.2) is 9.78 Å². The molecule has 0 saturated carbocycles. The van der Waals surface area contributed by atoms with Crippen LogP contribution in [0, 0.1) is 24.7 Å². The first-order valence-corrected chi connectivity index (χ1v) is 2.79. The fraction of sp³-hybridized carbons (Fsp3) is 0.125. The van der Waals surface area contributed by atoms with E-state index in [0.717, 1.165) is 5.56 Å². The molecule has 0 aliphatic carbocycles. The van der Waals surface area contributed by atoms with Crippen molar-refractivity contribution in [3.05, 3.63) is 18.0 Å². The highest BCUT2D eigenvalue weighted by Crippen LogP contribution is 1.92. The van der Waals surface area contributed by atoms with Crippen LogP contribution in [0.25, 0.3) is 0 Å².